The van der Waals surface area contributed by atoms with Crippen molar-refractivity contribution in [1.82, 2.24) is 20.3 Å². The molecule has 2 N–H and O–H groups in total. The maximum Gasteiger partial charge on any atom is 0.449 e. The number of benzene rings is 2. The zero-order valence-corrected chi connectivity index (χ0v) is 19.6. The molecule has 0 radical (unpaired) electrons. The molecule has 1 amide bonds. The van der Waals surface area contributed by atoms with Crippen LogP contribution in [0.25, 0.3) is 11.0 Å². The second-order valence-corrected chi connectivity index (χ2v) is 8.51. The Balaban J connectivity index is 1.44. The number of hydrogen-bond acceptors (Lipinski definition) is 6. The molecule has 2 aromatic heterocycles. The molecule has 0 aliphatic heterocycles. The third-order valence-corrected chi connectivity index (χ3v) is 5.61. The van der Waals surface area contributed by atoms with Crippen molar-refractivity contribution in [2.45, 2.75) is 31.5 Å². The smallest absolute Gasteiger partial charge is 0.435 e. The van der Waals surface area contributed by atoms with E-state index in [1.165, 1.54) is 6.20 Å². The lowest BCUT2D eigenvalue weighted by atomic mass is 10.0. The summed E-state index contributed by atoms with van der Waals surface area (Å²) >= 11 is 0. The molecule has 4 aromatic rings. The first-order chi connectivity index (χ1) is 17.1. The lowest BCUT2D eigenvalue weighted by molar-refractivity contribution is -0.144. The van der Waals surface area contributed by atoms with Crippen LogP contribution in [-0.4, -0.2) is 47.3 Å². The number of imidazole rings is 1. The molecular weight excluding hydrogens is 475 g/mol. The quantitative estimate of drug-likeness (QED) is 0.335. The van der Waals surface area contributed by atoms with E-state index in [0.717, 1.165) is 5.56 Å². The van der Waals surface area contributed by atoms with Crippen LogP contribution >= 0.6 is 0 Å². The minimum atomic E-state index is -4.59. The Hall–Kier alpha value is -4.15. The van der Waals surface area contributed by atoms with E-state index in [9.17, 15) is 22.8 Å². The summed E-state index contributed by atoms with van der Waals surface area (Å²) in [5.41, 5.74) is 2.77. The number of oxazole rings is 1. The average molecular weight is 499 g/mol. The minimum Gasteiger partial charge on any atom is -0.435 e. The number of nitrogens with one attached hydrogen (secondary N) is 2. The first-order valence-electron chi connectivity index (χ1n) is 11.2. The number of alkyl halides is 3. The van der Waals surface area contributed by atoms with Gasteiger partial charge in [0.05, 0.1) is 23.3 Å². The summed E-state index contributed by atoms with van der Waals surface area (Å²) in [5, 5.41) is 2.62. The SMILES string of the molecule is CN(C)c1cc2nc(C(F)(F)F)[nH]c2cc1CC[C@@H](C=O)NC(=O)c1cnc(Cc2ccccc2)o1. The molecule has 188 valence electrons. The van der Waals surface area contributed by atoms with Crippen LogP contribution in [-0.2, 0) is 23.8 Å². The fourth-order valence-corrected chi connectivity index (χ4v) is 3.83. The molecular formula is C25H24F3N5O3. The molecule has 36 heavy (non-hydrogen) atoms. The molecule has 4 rings (SSSR count). The van der Waals surface area contributed by atoms with Gasteiger partial charge in [0.2, 0.25) is 11.6 Å². The summed E-state index contributed by atoms with van der Waals surface area (Å²) in [6, 6.07) is 11.8. The molecule has 1 atom stereocenters. The summed E-state index contributed by atoms with van der Waals surface area (Å²) in [7, 11) is 3.52. The highest BCUT2D eigenvalue weighted by atomic mass is 19.4. The van der Waals surface area contributed by atoms with Crippen molar-refractivity contribution in [2.75, 3.05) is 19.0 Å². The van der Waals surface area contributed by atoms with E-state index in [1.807, 2.05) is 30.3 Å². The lowest BCUT2D eigenvalue weighted by Gasteiger charge is -2.19. The van der Waals surface area contributed by atoms with Gasteiger partial charge in [0.15, 0.2) is 5.89 Å². The van der Waals surface area contributed by atoms with Crippen molar-refractivity contribution >= 4 is 28.9 Å². The predicted molar refractivity (Wildman–Crippen MR) is 127 cm³/mol. The van der Waals surface area contributed by atoms with Crippen LogP contribution in [0.2, 0.25) is 0 Å². The first-order valence-corrected chi connectivity index (χ1v) is 11.2. The van der Waals surface area contributed by atoms with E-state index in [0.29, 0.717) is 36.3 Å². The van der Waals surface area contributed by atoms with Crippen LogP contribution in [0.4, 0.5) is 18.9 Å². The molecule has 0 saturated heterocycles. The highest BCUT2D eigenvalue weighted by molar-refractivity contribution is 5.92. The number of carbonyl (C=O) groups excluding carboxylic acids is 2. The number of anilines is 1. The predicted octanol–water partition coefficient (Wildman–Crippen LogP) is 4.16. The summed E-state index contributed by atoms with van der Waals surface area (Å²) in [4.78, 5) is 36.1. The largest absolute Gasteiger partial charge is 0.449 e. The standard InChI is InChI=1S/C25H24F3N5O3/c1-33(2)20-12-19-18(31-24(32-19)25(26,27)28)11-16(20)8-9-17(14-34)30-23(35)21-13-29-22(36-21)10-15-6-4-3-5-7-15/h3-7,11-14,17H,8-10H2,1-2H3,(H,30,35)(H,31,32)/t17-/m0/s1. The number of aryl methyl sites for hydroxylation is 1. The van der Waals surface area contributed by atoms with Crippen molar-refractivity contribution in [3.63, 3.8) is 0 Å². The van der Waals surface area contributed by atoms with E-state index < -0.39 is 23.9 Å². The molecule has 2 heterocycles. The molecule has 2 aromatic carbocycles. The van der Waals surface area contributed by atoms with Gasteiger partial charge in [-0.15, -0.1) is 0 Å². The van der Waals surface area contributed by atoms with Crippen LogP contribution in [0.15, 0.2) is 53.1 Å². The van der Waals surface area contributed by atoms with Gasteiger partial charge in [-0.1, -0.05) is 30.3 Å². The molecule has 0 saturated carbocycles. The van der Waals surface area contributed by atoms with Crippen LogP contribution in [0, 0.1) is 0 Å². The van der Waals surface area contributed by atoms with Gasteiger partial charge in [-0.05, 0) is 36.1 Å². The Morgan fingerprint density at radius 3 is 2.64 bits per heavy atom. The first kappa shape index (κ1) is 25.0. The van der Waals surface area contributed by atoms with Crippen molar-refractivity contribution in [1.29, 1.82) is 0 Å². The summed E-state index contributed by atoms with van der Waals surface area (Å²) in [6.45, 7) is 0. The molecule has 0 unspecified atom stereocenters. The Morgan fingerprint density at radius 2 is 1.97 bits per heavy atom. The molecule has 0 bridgehead atoms. The topological polar surface area (TPSA) is 104 Å². The van der Waals surface area contributed by atoms with E-state index in [4.69, 9.17) is 4.42 Å². The molecule has 0 spiro atoms. The Bertz CT molecular complexity index is 1360. The van der Waals surface area contributed by atoms with Crippen LogP contribution in [0.5, 0.6) is 0 Å². The number of carbonyl (C=O) groups is 2. The maximum atomic E-state index is 13.1. The van der Waals surface area contributed by atoms with Crippen molar-refractivity contribution in [3.8, 4) is 0 Å². The highest BCUT2D eigenvalue weighted by Gasteiger charge is 2.35. The van der Waals surface area contributed by atoms with Gasteiger partial charge in [-0.25, -0.2) is 9.97 Å². The fourth-order valence-electron chi connectivity index (χ4n) is 3.83. The summed E-state index contributed by atoms with van der Waals surface area (Å²) < 4.78 is 44.7. The number of fused-ring (bicyclic) bond motifs is 1. The van der Waals surface area contributed by atoms with Crippen LogP contribution in [0.1, 0.15) is 39.8 Å². The number of nitrogens with zero attached hydrogens (tertiary/aromatic N) is 3. The Morgan fingerprint density at radius 1 is 1.22 bits per heavy atom. The van der Waals surface area contributed by atoms with E-state index >= 15 is 0 Å². The Labute approximate surface area is 204 Å². The fraction of sp³-hybridized carbons (Fsp3) is 0.280. The number of H-pyrrole nitrogens is 1. The van der Waals surface area contributed by atoms with Crippen molar-refractivity contribution < 1.29 is 27.2 Å². The molecule has 0 aliphatic carbocycles. The molecule has 0 aliphatic rings. The monoisotopic (exact) mass is 499 g/mol. The second-order valence-electron chi connectivity index (χ2n) is 8.51. The minimum absolute atomic E-state index is 0.0136. The number of hydrogen-bond donors (Lipinski definition) is 2. The molecule has 8 nitrogen and oxygen atoms in total. The number of aromatic amines is 1. The maximum absolute atomic E-state index is 13.1. The van der Waals surface area contributed by atoms with Crippen molar-refractivity contribution in [2.24, 2.45) is 0 Å². The Kier molecular flexibility index (Phi) is 7.09. The number of rotatable bonds is 9. The lowest BCUT2D eigenvalue weighted by Crippen LogP contribution is -2.36. The zero-order chi connectivity index (χ0) is 25.9. The van der Waals surface area contributed by atoms with Crippen molar-refractivity contribution in [3.05, 3.63) is 77.3 Å². The number of halogens is 3. The third kappa shape index (κ3) is 5.73. The number of amides is 1. The van der Waals surface area contributed by atoms with Gasteiger partial charge in [0.1, 0.15) is 6.29 Å². The summed E-state index contributed by atoms with van der Waals surface area (Å²) in [6.07, 6.45) is -1.69. The molecule has 11 heteroatoms. The van der Waals surface area contributed by atoms with E-state index in [2.05, 4.69) is 20.3 Å². The van der Waals surface area contributed by atoms with Crippen LogP contribution < -0.4 is 10.2 Å². The summed E-state index contributed by atoms with van der Waals surface area (Å²) in [5.74, 6) is -1.29. The van der Waals surface area contributed by atoms with E-state index in [-0.39, 0.29) is 23.2 Å². The van der Waals surface area contributed by atoms with Gasteiger partial charge in [-0.2, -0.15) is 13.2 Å². The normalized spacial score (nSPS) is 12.5. The number of aromatic nitrogens is 3. The zero-order valence-electron chi connectivity index (χ0n) is 19.6. The van der Waals surface area contributed by atoms with E-state index in [1.54, 1.807) is 31.1 Å². The van der Waals surface area contributed by atoms with Gasteiger partial charge in [-0.3, -0.25) is 4.79 Å². The van der Waals surface area contributed by atoms with Gasteiger partial charge >= 0.3 is 6.18 Å². The second kappa shape index (κ2) is 10.2. The van der Waals surface area contributed by atoms with Gasteiger partial charge in [0, 0.05) is 26.2 Å². The van der Waals surface area contributed by atoms with Gasteiger partial charge in [0.25, 0.3) is 5.91 Å². The highest BCUT2D eigenvalue weighted by Crippen LogP contribution is 2.31. The van der Waals surface area contributed by atoms with Crippen LogP contribution in [0.3, 0.4) is 0 Å². The average Bonchev–Trinajstić information content (AvgIpc) is 3.48. The molecule has 0 fully saturated rings. The third-order valence-electron chi connectivity index (χ3n) is 5.61. The van der Waals surface area contributed by atoms with Gasteiger partial charge < -0.3 is 24.4 Å². The number of aldehydes is 1.